The normalized spacial score (nSPS) is 29.2. The molecule has 3 aliphatic rings. The third-order valence-electron chi connectivity index (χ3n) is 12.1. The van der Waals surface area contributed by atoms with Crippen LogP contribution >= 0.6 is 0 Å². The number of Topliss-reactive ketones (excluding diaryl/α,β-unsaturated/α-hetero) is 1. The number of benzene rings is 1. The van der Waals surface area contributed by atoms with E-state index in [9.17, 15) is 44.1 Å². The standard InChI is InChI=1S/C47H67N5O10/c1-29(2)41-45(59)49-42(33-17-14-20-35(54)28-33)46(60)52-27-15-21-37(50-52)47(61)62-39(30(3)16-13-24-40(56)51(6)34-18-9-7-10-19-34)23-12-8-11-22-38(55)32(5)43(57)36(44(58)48-41)26-25-31(4)53/h8,11-14,16-17,20,22,24,28-29,32,34,36-39,41-43,50,54-55,57H,7,9-10,15,18-19,21,23,25-27H2,1-6H3,(H,48,58)(H,49,59)/b12-8+,22-11+,24-13+,30-16+/t32-,36+,37?,38-,39-,41-,42?,43+/m0/s1. The zero-order chi connectivity index (χ0) is 45.5. The number of hydrazine groups is 1. The number of fused-ring (bicyclic) bond motifs is 2. The number of hydrogen-bond acceptors (Lipinski definition) is 11. The van der Waals surface area contributed by atoms with Crippen LogP contribution in [0, 0.1) is 17.8 Å². The third-order valence-corrected chi connectivity index (χ3v) is 12.1. The fourth-order valence-corrected chi connectivity index (χ4v) is 8.01. The maximum atomic E-state index is 14.4. The minimum Gasteiger partial charge on any atom is -0.508 e. The first-order valence-electron chi connectivity index (χ1n) is 22.0. The van der Waals surface area contributed by atoms with Crippen molar-refractivity contribution in [2.45, 2.75) is 141 Å². The fraction of sp³-hybridized carbons (Fsp3) is 0.574. The van der Waals surface area contributed by atoms with Gasteiger partial charge >= 0.3 is 5.97 Å². The van der Waals surface area contributed by atoms with Gasteiger partial charge in [0.15, 0.2) is 0 Å². The van der Waals surface area contributed by atoms with Crippen LogP contribution in [-0.4, -0.2) is 111 Å². The summed E-state index contributed by atoms with van der Waals surface area (Å²) < 4.78 is 6.08. The summed E-state index contributed by atoms with van der Waals surface area (Å²) in [4.78, 5) is 83.2. The average Bonchev–Trinajstić information content (AvgIpc) is 3.25. The van der Waals surface area contributed by atoms with E-state index in [0.29, 0.717) is 18.4 Å². The second-order valence-electron chi connectivity index (χ2n) is 17.3. The summed E-state index contributed by atoms with van der Waals surface area (Å²) in [6, 6.07) is 2.51. The number of ether oxygens (including phenoxy) is 1. The third kappa shape index (κ3) is 14.2. The van der Waals surface area contributed by atoms with Crippen molar-refractivity contribution in [3.05, 3.63) is 77.9 Å². The number of cyclic esters (lactones) is 1. The number of nitrogens with one attached hydrogen (secondary N) is 3. The molecular formula is C47H67N5O10. The zero-order valence-electron chi connectivity index (χ0n) is 37.0. The lowest BCUT2D eigenvalue weighted by Gasteiger charge is -2.36. The molecule has 1 aromatic rings. The molecule has 1 aromatic carbocycles. The SMILES string of the molecule is CC(=O)CC[C@H]1C(=O)N[C@@H](C(C)C)C(=O)NC(c2cccc(O)c2)C(=O)N2CCCC(N2)C(=O)O[C@H](/C(C)=C/C=C/C(=O)N(C)C2CCCCC2)C/C=C/C=C/[C@H](O)[C@H](C)[C@H]1O. The summed E-state index contributed by atoms with van der Waals surface area (Å²) in [5.74, 6) is -5.75. The van der Waals surface area contributed by atoms with Gasteiger partial charge in [-0.2, -0.15) is 0 Å². The molecule has 15 heteroatoms. The molecule has 6 N–H and O–H groups in total. The number of amides is 4. The lowest BCUT2D eigenvalue weighted by molar-refractivity contribution is -0.156. The number of phenols is 1. The number of carbonyl (C=O) groups is 6. The average molecular weight is 862 g/mol. The van der Waals surface area contributed by atoms with Crippen molar-refractivity contribution in [1.82, 2.24) is 26.0 Å². The monoisotopic (exact) mass is 861 g/mol. The minimum absolute atomic E-state index is 0.0315. The highest BCUT2D eigenvalue weighted by Gasteiger charge is 2.39. The maximum absolute atomic E-state index is 14.4. The molecular weight excluding hydrogens is 795 g/mol. The number of esters is 1. The Morgan fingerprint density at radius 1 is 0.984 bits per heavy atom. The maximum Gasteiger partial charge on any atom is 0.325 e. The second kappa shape index (κ2) is 23.9. The number of hydrogen-bond donors (Lipinski definition) is 6. The van der Waals surface area contributed by atoms with E-state index in [4.69, 9.17) is 4.74 Å². The van der Waals surface area contributed by atoms with Gasteiger partial charge in [0.1, 0.15) is 35.8 Å². The molecule has 0 aromatic heterocycles. The molecule has 4 rings (SSSR count). The van der Waals surface area contributed by atoms with Crippen LogP contribution in [0.4, 0.5) is 0 Å². The number of likely N-dealkylation sites (N-methyl/N-ethyl adjacent to an activating group) is 1. The highest BCUT2D eigenvalue weighted by molar-refractivity contribution is 5.93. The van der Waals surface area contributed by atoms with Gasteiger partial charge < -0.3 is 40.4 Å². The van der Waals surface area contributed by atoms with Crippen LogP contribution in [0.1, 0.15) is 110 Å². The van der Waals surface area contributed by atoms with Gasteiger partial charge in [0.25, 0.3) is 5.91 Å². The topological polar surface area (TPSA) is 215 Å². The van der Waals surface area contributed by atoms with Crippen molar-refractivity contribution in [3.63, 3.8) is 0 Å². The van der Waals surface area contributed by atoms with Crippen LogP contribution in [0.5, 0.6) is 5.75 Å². The van der Waals surface area contributed by atoms with Crippen LogP contribution < -0.4 is 16.1 Å². The van der Waals surface area contributed by atoms with Crippen LogP contribution in [0.25, 0.3) is 0 Å². The van der Waals surface area contributed by atoms with E-state index < -0.39 is 77.9 Å². The largest absolute Gasteiger partial charge is 0.508 e. The summed E-state index contributed by atoms with van der Waals surface area (Å²) >= 11 is 0. The minimum atomic E-state index is -1.43. The van der Waals surface area contributed by atoms with Gasteiger partial charge in [-0.15, -0.1) is 0 Å². The molecule has 2 unspecified atom stereocenters. The molecule has 0 radical (unpaired) electrons. The summed E-state index contributed by atoms with van der Waals surface area (Å²) in [6.45, 7) is 8.31. The smallest absolute Gasteiger partial charge is 0.325 e. The molecule has 0 spiro atoms. The Morgan fingerprint density at radius 3 is 2.39 bits per heavy atom. The lowest BCUT2D eigenvalue weighted by Crippen LogP contribution is -2.59. The molecule has 62 heavy (non-hydrogen) atoms. The number of phenolic OH excluding ortho intramolecular Hbond substituents is 1. The Labute approximate surface area is 365 Å². The quantitative estimate of drug-likeness (QED) is 0.117. The van der Waals surface area contributed by atoms with Crippen LogP contribution in [0.15, 0.2) is 72.4 Å². The van der Waals surface area contributed by atoms with Crippen molar-refractivity contribution in [1.29, 1.82) is 0 Å². The van der Waals surface area contributed by atoms with E-state index >= 15 is 0 Å². The lowest BCUT2D eigenvalue weighted by atomic mass is 9.84. The van der Waals surface area contributed by atoms with E-state index in [0.717, 1.165) is 25.7 Å². The number of ketones is 1. The molecule has 2 bridgehead atoms. The Bertz CT molecular complexity index is 1850. The summed E-state index contributed by atoms with van der Waals surface area (Å²) in [6.07, 6.45) is 14.1. The molecule has 2 heterocycles. The molecule has 2 fully saturated rings. The Morgan fingerprint density at radius 2 is 1.71 bits per heavy atom. The number of aliphatic hydroxyl groups is 2. The van der Waals surface area contributed by atoms with Crippen molar-refractivity contribution in [2.75, 3.05) is 13.6 Å². The van der Waals surface area contributed by atoms with E-state index in [1.54, 1.807) is 69.0 Å². The van der Waals surface area contributed by atoms with Gasteiger partial charge in [-0.3, -0.25) is 29.0 Å². The van der Waals surface area contributed by atoms with Gasteiger partial charge in [0, 0.05) is 44.5 Å². The molecule has 1 saturated heterocycles. The zero-order valence-corrected chi connectivity index (χ0v) is 37.0. The first kappa shape index (κ1) is 49.5. The number of nitrogens with zero attached hydrogens (tertiary/aromatic N) is 2. The Balaban J connectivity index is 1.70. The van der Waals surface area contributed by atoms with Gasteiger partial charge in [0.05, 0.1) is 18.1 Å². The molecule has 2 aliphatic heterocycles. The van der Waals surface area contributed by atoms with Crippen LogP contribution in [0.3, 0.4) is 0 Å². The number of rotatable bonds is 9. The number of allylic oxidation sites excluding steroid dienone is 4. The molecule has 1 saturated carbocycles. The van der Waals surface area contributed by atoms with Crippen LogP contribution in [0.2, 0.25) is 0 Å². The first-order chi connectivity index (χ1) is 29.5. The molecule has 1 aliphatic carbocycles. The number of aliphatic hydroxyl groups excluding tert-OH is 2. The van der Waals surface area contributed by atoms with Crippen molar-refractivity contribution >= 4 is 35.4 Å². The van der Waals surface area contributed by atoms with E-state index in [2.05, 4.69) is 16.1 Å². The predicted octanol–water partition coefficient (Wildman–Crippen LogP) is 4.25. The molecule has 4 amide bonds. The van der Waals surface area contributed by atoms with E-state index in [-0.39, 0.29) is 54.9 Å². The van der Waals surface area contributed by atoms with Gasteiger partial charge in [-0.25, -0.2) is 5.43 Å². The van der Waals surface area contributed by atoms with Gasteiger partial charge in [0.2, 0.25) is 17.7 Å². The van der Waals surface area contributed by atoms with Gasteiger partial charge in [-0.05, 0) is 75.1 Å². The predicted molar refractivity (Wildman–Crippen MR) is 234 cm³/mol. The van der Waals surface area contributed by atoms with Crippen LogP contribution in [-0.2, 0) is 33.5 Å². The van der Waals surface area contributed by atoms with E-state index in [1.165, 1.54) is 48.7 Å². The van der Waals surface area contributed by atoms with Crippen molar-refractivity contribution < 1.29 is 48.8 Å². The highest BCUT2D eigenvalue weighted by Crippen LogP contribution is 2.26. The van der Waals surface area contributed by atoms with E-state index in [1.807, 2.05) is 7.05 Å². The summed E-state index contributed by atoms with van der Waals surface area (Å²) in [5, 5.41) is 39.7. The molecule has 15 nitrogen and oxygen atoms in total. The first-order valence-corrected chi connectivity index (χ1v) is 22.0. The highest BCUT2D eigenvalue weighted by atomic mass is 16.5. The summed E-state index contributed by atoms with van der Waals surface area (Å²) in [7, 11) is 1.81. The number of carbonyl (C=O) groups excluding carboxylic acids is 6. The summed E-state index contributed by atoms with van der Waals surface area (Å²) in [5.41, 5.74) is 3.88. The fourth-order valence-electron chi connectivity index (χ4n) is 8.01. The van der Waals surface area contributed by atoms with Gasteiger partial charge in [-0.1, -0.05) is 88.6 Å². The number of aromatic hydroxyl groups is 1. The molecule has 8 atom stereocenters. The van der Waals surface area contributed by atoms with Crippen molar-refractivity contribution in [3.8, 4) is 5.75 Å². The molecule has 340 valence electrons. The Kier molecular flexibility index (Phi) is 19.1. The Hall–Kier alpha value is -5.12. The second-order valence-corrected chi connectivity index (χ2v) is 17.3. The van der Waals surface area contributed by atoms with Crippen molar-refractivity contribution in [2.24, 2.45) is 17.8 Å².